The Labute approximate surface area is 433 Å². The van der Waals surface area contributed by atoms with E-state index in [9.17, 15) is 0 Å². The Bertz CT molecular complexity index is 3940. The summed E-state index contributed by atoms with van der Waals surface area (Å²) in [5, 5.41) is 0.00418. The van der Waals surface area contributed by atoms with E-state index >= 15 is 0 Å². The van der Waals surface area contributed by atoms with Crippen molar-refractivity contribution in [3.8, 4) is 58.6 Å². The Kier molecular flexibility index (Phi) is 11.2. The van der Waals surface area contributed by atoms with Crippen LogP contribution in [-0.4, -0.2) is 78.1 Å². The van der Waals surface area contributed by atoms with Crippen LogP contribution in [0.25, 0.3) is 125 Å². The fourth-order valence-electron chi connectivity index (χ4n) is 7.98. The van der Waals surface area contributed by atoms with Crippen molar-refractivity contribution < 1.29 is 35.8 Å². The molecule has 1 aliphatic heterocycles. The topological polar surface area (TPSA) is 252 Å². The minimum Gasteiger partial charge on any atom is -0.444 e. The Morgan fingerprint density at radius 1 is 0.303 bits per heavy atom. The van der Waals surface area contributed by atoms with E-state index < -0.39 is 7.12 Å². The highest BCUT2D eigenvalue weighted by molar-refractivity contribution is 6.60. The fraction of sp³-hybridized carbons (Fsp3) is 0.111. The first-order valence-corrected chi connectivity index (χ1v) is 24.0. The zero-order valence-electron chi connectivity index (χ0n) is 40.4. The second-order valence-electron chi connectivity index (χ2n) is 18.1. The van der Waals surface area contributed by atoms with Gasteiger partial charge in [0.05, 0.1) is 11.2 Å². The molecule has 0 N–H and O–H groups in total. The van der Waals surface area contributed by atoms with Gasteiger partial charge in [-0.25, -0.2) is 29.9 Å². The van der Waals surface area contributed by atoms with Crippen LogP contribution in [0.5, 0.6) is 0 Å². The third-order valence-corrected chi connectivity index (χ3v) is 12.6. The number of benzene rings is 6. The summed E-state index contributed by atoms with van der Waals surface area (Å²) in [6.07, 6.45) is 0. The average molecular weight is 1030 g/mol. The van der Waals surface area contributed by atoms with E-state index in [-0.39, 0.29) is 75.1 Å². The monoisotopic (exact) mass is 1030 g/mol. The first-order valence-electron chi connectivity index (χ1n) is 23.6. The van der Waals surface area contributed by atoms with Gasteiger partial charge in [-0.15, -0.1) is 0 Å². The van der Waals surface area contributed by atoms with Crippen molar-refractivity contribution in [3.05, 3.63) is 151 Å². The Morgan fingerprint density at radius 3 is 0.803 bits per heavy atom. The van der Waals surface area contributed by atoms with Gasteiger partial charge in [0.25, 0.3) is 29.5 Å². The second kappa shape index (κ2) is 18.4. The van der Waals surface area contributed by atoms with Crippen molar-refractivity contribution in [2.75, 3.05) is 0 Å². The smallest absolute Gasteiger partial charge is 0.444 e. The first-order chi connectivity index (χ1) is 36.9. The van der Waals surface area contributed by atoms with Crippen LogP contribution in [0, 0.1) is 0 Å². The van der Waals surface area contributed by atoms with Gasteiger partial charge in [-0.05, 0) is 112 Å². The van der Waals surface area contributed by atoms with E-state index in [0.29, 0.717) is 61.3 Å². The third kappa shape index (κ3) is 8.82. The summed E-state index contributed by atoms with van der Waals surface area (Å²) in [7, 11) is -0.539. The molecule has 20 nitrogen and oxygen atoms in total. The lowest BCUT2D eigenvalue weighted by molar-refractivity contribution is 0.00578. The van der Waals surface area contributed by atoms with E-state index in [0.717, 1.165) is 11.1 Å². The van der Waals surface area contributed by atoms with Gasteiger partial charge in [0.1, 0.15) is 33.1 Å². The van der Waals surface area contributed by atoms with Crippen molar-refractivity contribution in [1.82, 2.24) is 59.8 Å². The summed E-state index contributed by atoms with van der Waals surface area (Å²) in [5.41, 5.74) is 7.46. The standard InChI is InChI=1S/C24H12N6O3.C17H8ClN5O2.C13H16BNO3/c1-4-10-16-13(7-1)25-22(31-16)19-28-20(23-26-14-8-2-5-11-17(14)32-23)30-21(29-19)24-27-15-9-3-6-12-18(15)33-24;18-17-22-13(15-19-9-5-1-3-7-11(9)24-15)21-14(23-17)16-20-10-6-2-4-8-12(10)25-16;1-12(2)13(3,4)18-14(17-12)11-15-9-7-5-6-8-10(9)16-11/h1-12H;1-8H;5-8H,1-4H3. The van der Waals surface area contributed by atoms with Gasteiger partial charge in [-0.1, -0.05) is 72.8 Å². The molecule has 0 radical (unpaired) electrons. The first kappa shape index (κ1) is 46.2. The van der Waals surface area contributed by atoms with Crippen LogP contribution in [0.4, 0.5) is 0 Å². The maximum absolute atomic E-state index is 6.05. The van der Waals surface area contributed by atoms with Gasteiger partial charge in [0, 0.05) is 0 Å². The summed E-state index contributed by atoms with van der Waals surface area (Å²) < 4.78 is 46.5. The number of nitrogens with zero attached hydrogens (tertiary/aromatic N) is 12. The van der Waals surface area contributed by atoms with Crippen molar-refractivity contribution in [2.24, 2.45) is 0 Å². The quantitative estimate of drug-likeness (QED) is 0.140. The van der Waals surface area contributed by atoms with Gasteiger partial charge >= 0.3 is 7.12 Å². The van der Waals surface area contributed by atoms with Crippen molar-refractivity contribution >= 4 is 91.1 Å². The van der Waals surface area contributed by atoms with Crippen LogP contribution < -0.4 is 5.79 Å². The van der Waals surface area contributed by atoms with Crippen LogP contribution >= 0.6 is 11.6 Å². The molecule has 1 aliphatic rings. The van der Waals surface area contributed by atoms with Gasteiger partial charge < -0.3 is 35.8 Å². The number of aromatic nitrogens is 12. The molecule has 22 heteroatoms. The average Bonchev–Trinajstić information content (AvgIpc) is 4.34. The molecule has 6 aromatic carbocycles. The number of fused-ring (bicyclic) bond motifs is 6. The molecule has 8 aromatic heterocycles. The molecular formula is C54H36BClN12O8. The molecule has 0 atom stereocenters. The van der Waals surface area contributed by atoms with Crippen molar-refractivity contribution in [1.29, 1.82) is 0 Å². The van der Waals surface area contributed by atoms with Gasteiger partial charge in [-0.2, -0.15) is 29.9 Å². The van der Waals surface area contributed by atoms with E-state index in [4.69, 9.17) is 47.4 Å². The van der Waals surface area contributed by atoms with Crippen LogP contribution in [0.2, 0.25) is 5.28 Å². The van der Waals surface area contributed by atoms with Gasteiger partial charge in [-0.3, -0.25) is 0 Å². The summed E-state index contributed by atoms with van der Waals surface area (Å²) in [5.74, 6) is 2.81. The number of para-hydroxylation sites is 12. The Balaban J connectivity index is 0.000000114. The number of halogens is 1. The molecule has 0 aliphatic carbocycles. The zero-order valence-corrected chi connectivity index (χ0v) is 41.2. The maximum atomic E-state index is 6.05. The largest absolute Gasteiger partial charge is 0.554 e. The van der Waals surface area contributed by atoms with Crippen molar-refractivity contribution in [3.63, 3.8) is 0 Å². The highest BCUT2D eigenvalue weighted by Gasteiger charge is 2.54. The maximum Gasteiger partial charge on any atom is 0.554 e. The predicted molar refractivity (Wildman–Crippen MR) is 279 cm³/mol. The lowest BCUT2D eigenvalue weighted by Crippen LogP contribution is -2.41. The van der Waals surface area contributed by atoms with Crippen molar-refractivity contribution in [2.45, 2.75) is 38.9 Å². The highest BCUT2D eigenvalue weighted by Crippen LogP contribution is 2.37. The van der Waals surface area contributed by atoms with Crippen LogP contribution in [0.15, 0.2) is 172 Å². The van der Waals surface area contributed by atoms with Crippen LogP contribution in [0.1, 0.15) is 27.7 Å². The second-order valence-corrected chi connectivity index (χ2v) is 18.4. The molecule has 1 fully saturated rings. The molecule has 14 aromatic rings. The molecule has 0 amide bonds. The minimum atomic E-state index is -0.539. The molecule has 0 spiro atoms. The lowest BCUT2D eigenvalue weighted by atomic mass is 9.90. The fourth-order valence-corrected chi connectivity index (χ4v) is 8.14. The van der Waals surface area contributed by atoms with Crippen LogP contribution in [-0.2, 0) is 9.31 Å². The highest BCUT2D eigenvalue weighted by atomic mass is 35.5. The van der Waals surface area contributed by atoms with Crippen LogP contribution in [0.3, 0.4) is 0 Å². The molecule has 0 unspecified atom stereocenters. The summed E-state index contributed by atoms with van der Waals surface area (Å²) in [6.45, 7) is 8.04. The Morgan fingerprint density at radius 2 is 0.539 bits per heavy atom. The molecule has 0 bridgehead atoms. The summed E-state index contributed by atoms with van der Waals surface area (Å²) in [6, 6.07) is 44.8. The van der Waals surface area contributed by atoms with E-state index in [2.05, 4.69) is 59.8 Å². The minimum absolute atomic E-state index is 0.00418. The summed E-state index contributed by atoms with van der Waals surface area (Å²) >= 11 is 6.05. The van der Waals surface area contributed by atoms with E-state index in [1.54, 1.807) is 0 Å². The normalized spacial score (nSPS) is 13.9. The molecule has 15 rings (SSSR count). The lowest BCUT2D eigenvalue weighted by Gasteiger charge is -2.32. The third-order valence-electron chi connectivity index (χ3n) is 12.4. The number of oxazole rings is 6. The number of hydrogen-bond donors (Lipinski definition) is 0. The molecule has 9 heterocycles. The van der Waals surface area contributed by atoms with Gasteiger partial charge in [0.2, 0.25) is 40.2 Å². The molecular weight excluding hydrogens is 991 g/mol. The number of rotatable bonds is 6. The predicted octanol–water partition coefficient (Wildman–Crippen LogP) is 11.6. The van der Waals surface area contributed by atoms with Gasteiger partial charge in [0.15, 0.2) is 33.5 Å². The molecule has 0 saturated carbocycles. The van der Waals surface area contributed by atoms with E-state index in [1.165, 1.54) is 0 Å². The Hall–Kier alpha value is -9.57. The molecule has 1 saturated heterocycles. The van der Waals surface area contributed by atoms with E-state index in [1.807, 2.05) is 173 Å². The molecule has 76 heavy (non-hydrogen) atoms. The zero-order chi connectivity index (χ0) is 51.5. The number of hydrogen-bond acceptors (Lipinski definition) is 20. The SMILES string of the molecule is CC1(C)OB(c2nc3ccccc3o2)OC1(C)C.Clc1nc(-c2nc3ccccc3o2)nc(-c2nc3ccccc3o2)n1.c1ccc2oc(-c3nc(-c4nc5ccccc5o4)nc(-c4nc5ccccc5o4)n3)nc2c1. The molecule has 370 valence electrons. The summed E-state index contributed by atoms with van der Waals surface area (Å²) in [4.78, 5) is 52.9.